The van der Waals surface area contributed by atoms with Gasteiger partial charge in [-0.3, -0.25) is 4.79 Å². The number of nitrogens with zero attached hydrogens (tertiary/aromatic N) is 1. The standard InChI is InChI=1S/C36H39N3O7/c1-3-21-44-34(41)31-19-11-12-20-39(31)33(40)32(38-36(43)45-22-25-13-5-4-6-14-25)24(2)37-35(42)46-23-30-28-17-9-7-15-26(28)27-16-8-10-18-29(27)30/h3-10,13-18,24,30-32H,1,11-12,19-23H2,2H3,(H,37,42)(H,38,43)/t24-,31+,32-/m1/s1. The van der Waals surface area contributed by atoms with Crippen LogP contribution in [0.4, 0.5) is 9.59 Å². The summed E-state index contributed by atoms with van der Waals surface area (Å²) >= 11 is 0. The Morgan fingerprint density at radius 2 is 1.48 bits per heavy atom. The lowest BCUT2D eigenvalue weighted by molar-refractivity contribution is -0.157. The van der Waals surface area contributed by atoms with Crippen molar-refractivity contribution in [1.29, 1.82) is 0 Å². The molecule has 5 rings (SSSR count). The highest BCUT2D eigenvalue weighted by Gasteiger charge is 2.40. The molecule has 240 valence electrons. The second-order valence-electron chi connectivity index (χ2n) is 11.4. The number of hydrogen-bond donors (Lipinski definition) is 2. The fraction of sp³-hybridized carbons (Fsp3) is 0.333. The third-order valence-corrected chi connectivity index (χ3v) is 8.34. The molecule has 3 atom stereocenters. The summed E-state index contributed by atoms with van der Waals surface area (Å²) < 4.78 is 16.4. The van der Waals surface area contributed by atoms with E-state index in [4.69, 9.17) is 14.2 Å². The van der Waals surface area contributed by atoms with Gasteiger partial charge < -0.3 is 29.7 Å². The minimum atomic E-state index is -1.25. The molecule has 1 aliphatic carbocycles. The number of benzene rings is 3. The molecule has 1 heterocycles. The molecule has 0 aromatic heterocycles. The molecule has 10 nitrogen and oxygen atoms in total. The van der Waals surface area contributed by atoms with Crippen LogP contribution < -0.4 is 10.6 Å². The van der Waals surface area contributed by atoms with Gasteiger partial charge in [-0.15, -0.1) is 0 Å². The number of fused-ring (bicyclic) bond motifs is 3. The minimum Gasteiger partial charge on any atom is -0.460 e. The predicted octanol–water partition coefficient (Wildman–Crippen LogP) is 5.32. The predicted molar refractivity (Wildman–Crippen MR) is 172 cm³/mol. The Kier molecular flexibility index (Phi) is 10.7. The average Bonchev–Trinajstić information content (AvgIpc) is 3.41. The Labute approximate surface area is 268 Å². The van der Waals surface area contributed by atoms with E-state index in [9.17, 15) is 19.2 Å². The normalized spacial score (nSPS) is 16.6. The van der Waals surface area contributed by atoms with Crippen LogP contribution in [0.1, 0.15) is 48.8 Å². The monoisotopic (exact) mass is 625 g/mol. The van der Waals surface area contributed by atoms with Gasteiger partial charge in [-0.05, 0) is 54.0 Å². The van der Waals surface area contributed by atoms with E-state index in [1.54, 1.807) is 6.92 Å². The summed E-state index contributed by atoms with van der Waals surface area (Å²) in [7, 11) is 0. The van der Waals surface area contributed by atoms with Gasteiger partial charge in [-0.2, -0.15) is 0 Å². The zero-order valence-corrected chi connectivity index (χ0v) is 25.9. The van der Waals surface area contributed by atoms with Crippen LogP contribution in [0.25, 0.3) is 11.1 Å². The van der Waals surface area contributed by atoms with Crippen molar-refractivity contribution >= 4 is 24.1 Å². The van der Waals surface area contributed by atoms with E-state index in [2.05, 4.69) is 29.3 Å². The summed E-state index contributed by atoms with van der Waals surface area (Å²) in [6.45, 7) is 5.55. The van der Waals surface area contributed by atoms with E-state index in [0.717, 1.165) is 34.2 Å². The summed E-state index contributed by atoms with van der Waals surface area (Å²) in [5.74, 6) is -1.23. The van der Waals surface area contributed by atoms with Gasteiger partial charge in [0.2, 0.25) is 5.91 Å². The van der Waals surface area contributed by atoms with E-state index in [1.165, 1.54) is 11.0 Å². The van der Waals surface area contributed by atoms with Crippen LogP contribution in [0, 0.1) is 0 Å². The van der Waals surface area contributed by atoms with Crippen molar-refractivity contribution in [3.8, 4) is 11.1 Å². The van der Waals surface area contributed by atoms with Crippen molar-refractivity contribution < 1.29 is 33.4 Å². The minimum absolute atomic E-state index is 0.0119. The number of piperidine rings is 1. The van der Waals surface area contributed by atoms with Crippen molar-refractivity contribution in [2.45, 2.75) is 56.8 Å². The van der Waals surface area contributed by atoms with E-state index >= 15 is 0 Å². The molecule has 46 heavy (non-hydrogen) atoms. The second kappa shape index (κ2) is 15.2. The fourth-order valence-corrected chi connectivity index (χ4v) is 6.06. The van der Waals surface area contributed by atoms with E-state index in [1.807, 2.05) is 66.7 Å². The van der Waals surface area contributed by atoms with Crippen LogP contribution in [0.5, 0.6) is 0 Å². The van der Waals surface area contributed by atoms with Crippen LogP contribution >= 0.6 is 0 Å². The molecule has 1 fully saturated rings. The summed E-state index contributed by atoms with van der Waals surface area (Å²) in [6, 6.07) is 22.2. The molecule has 3 amide bonds. The summed E-state index contributed by atoms with van der Waals surface area (Å²) in [4.78, 5) is 54.3. The first kappa shape index (κ1) is 32.3. The molecule has 0 spiro atoms. The average molecular weight is 626 g/mol. The number of likely N-dealkylation sites (tertiary alicyclic amines) is 1. The van der Waals surface area contributed by atoms with Crippen LogP contribution in [-0.4, -0.2) is 66.8 Å². The van der Waals surface area contributed by atoms with Crippen molar-refractivity contribution in [2.24, 2.45) is 0 Å². The van der Waals surface area contributed by atoms with Crippen molar-refractivity contribution in [2.75, 3.05) is 19.8 Å². The van der Waals surface area contributed by atoms with Crippen molar-refractivity contribution in [3.05, 3.63) is 108 Å². The smallest absolute Gasteiger partial charge is 0.408 e. The van der Waals surface area contributed by atoms with Crippen LogP contribution in [0.15, 0.2) is 91.5 Å². The third-order valence-electron chi connectivity index (χ3n) is 8.34. The quantitative estimate of drug-likeness (QED) is 0.168. The first-order chi connectivity index (χ1) is 22.4. The first-order valence-electron chi connectivity index (χ1n) is 15.5. The number of carbonyl (C=O) groups excluding carboxylic acids is 4. The highest BCUT2D eigenvalue weighted by atomic mass is 16.6. The highest BCUT2D eigenvalue weighted by molar-refractivity contribution is 5.91. The molecule has 0 unspecified atom stereocenters. The lowest BCUT2D eigenvalue weighted by Crippen LogP contribution is -2.61. The number of amides is 3. The molecule has 10 heteroatoms. The van der Waals surface area contributed by atoms with E-state index < -0.39 is 42.2 Å². The molecule has 1 saturated heterocycles. The SMILES string of the molecule is C=CCOC(=O)[C@@H]1CCCCN1C(=O)[C@H](NC(=O)OCc1ccccc1)[C@@H](C)NC(=O)OCC1c2ccccc2-c2ccccc21. The van der Waals surface area contributed by atoms with E-state index in [-0.39, 0.29) is 25.7 Å². The van der Waals surface area contributed by atoms with Gasteiger partial charge in [0.05, 0.1) is 6.04 Å². The Hall–Kier alpha value is -5.12. The van der Waals surface area contributed by atoms with Gasteiger partial charge in [0.25, 0.3) is 0 Å². The Morgan fingerprint density at radius 1 is 0.848 bits per heavy atom. The van der Waals surface area contributed by atoms with Gasteiger partial charge in [0.1, 0.15) is 31.9 Å². The highest BCUT2D eigenvalue weighted by Crippen LogP contribution is 2.44. The Morgan fingerprint density at radius 3 is 2.15 bits per heavy atom. The zero-order chi connectivity index (χ0) is 32.5. The van der Waals surface area contributed by atoms with Gasteiger partial charge in [-0.25, -0.2) is 14.4 Å². The van der Waals surface area contributed by atoms with Gasteiger partial charge >= 0.3 is 18.2 Å². The lowest BCUT2D eigenvalue weighted by Gasteiger charge is -2.37. The molecular formula is C36H39N3O7. The summed E-state index contributed by atoms with van der Waals surface area (Å²) in [6.07, 6.45) is 1.71. The maximum absolute atomic E-state index is 14.0. The third kappa shape index (κ3) is 7.56. The molecule has 2 N–H and O–H groups in total. The van der Waals surface area contributed by atoms with Crippen LogP contribution in [-0.2, 0) is 30.4 Å². The topological polar surface area (TPSA) is 123 Å². The number of rotatable bonds is 11. The Balaban J connectivity index is 1.28. The van der Waals surface area contributed by atoms with Gasteiger partial charge in [0, 0.05) is 12.5 Å². The zero-order valence-electron chi connectivity index (χ0n) is 25.9. The van der Waals surface area contributed by atoms with Crippen LogP contribution in [0.2, 0.25) is 0 Å². The summed E-state index contributed by atoms with van der Waals surface area (Å²) in [5.41, 5.74) is 5.12. The molecular weight excluding hydrogens is 586 g/mol. The number of hydrogen-bond acceptors (Lipinski definition) is 7. The first-order valence-corrected chi connectivity index (χ1v) is 15.5. The molecule has 3 aromatic carbocycles. The van der Waals surface area contributed by atoms with Crippen molar-refractivity contribution in [1.82, 2.24) is 15.5 Å². The molecule has 2 aliphatic rings. The van der Waals surface area contributed by atoms with E-state index in [0.29, 0.717) is 19.4 Å². The molecule has 0 radical (unpaired) electrons. The van der Waals surface area contributed by atoms with Crippen LogP contribution in [0.3, 0.4) is 0 Å². The number of carbonyl (C=O) groups is 4. The maximum atomic E-state index is 14.0. The molecule has 3 aromatic rings. The number of nitrogens with one attached hydrogen (secondary N) is 2. The van der Waals surface area contributed by atoms with Gasteiger partial charge in [0.15, 0.2) is 0 Å². The Bertz CT molecular complexity index is 1510. The fourth-order valence-electron chi connectivity index (χ4n) is 6.06. The second-order valence-corrected chi connectivity index (χ2v) is 11.4. The lowest BCUT2D eigenvalue weighted by atomic mass is 9.98. The molecule has 0 bridgehead atoms. The molecule has 0 saturated carbocycles. The number of alkyl carbamates (subject to hydrolysis) is 2. The van der Waals surface area contributed by atoms with Crippen molar-refractivity contribution in [3.63, 3.8) is 0 Å². The maximum Gasteiger partial charge on any atom is 0.408 e. The van der Waals surface area contributed by atoms with Gasteiger partial charge in [-0.1, -0.05) is 91.5 Å². The number of ether oxygens (including phenoxy) is 3. The molecule has 1 aliphatic heterocycles. The number of esters is 1. The summed E-state index contributed by atoms with van der Waals surface area (Å²) in [5, 5.41) is 5.35. The largest absolute Gasteiger partial charge is 0.460 e.